The van der Waals surface area contributed by atoms with Crippen LogP contribution in [-0.2, 0) is 16.0 Å². The molecule has 5 nitrogen and oxygen atoms in total. The van der Waals surface area contributed by atoms with E-state index < -0.39 is 0 Å². The maximum absolute atomic E-state index is 12.0. The number of carbonyl (C=O) groups is 1. The first-order valence-electron chi connectivity index (χ1n) is 6.21. The van der Waals surface area contributed by atoms with Crippen molar-refractivity contribution < 1.29 is 9.53 Å². The predicted octanol–water partition coefficient (Wildman–Crippen LogP) is 1.73. The number of aromatic amines is 1. The summed E-state index contributed by atoms with van der Waals surface area (Å²) >= 11 is 0. The van der Waals surface area contributed by atoms with Gasteiger partial charge in [-0.3, -0.25) is 9.89 Å². The molecule has 0 aliphatic carbocycles. The molecule has 94 valence electrons. The Morgan fingerprint density at radius 1 is 1.65 bits per heavy atom. The van der Waals surface area contributed by atoms with E-state index in [9.17, 15) is 4.79 Å². The Hall–Kier alpha value is -1.36. The van der Waals surface area contributed by atoms with Gasteiger partial charge in [-0.25, -0.2) is 0 Å². The fourth-order valence-corrected chi connectivity index (χ4v) is 2.18. The first-order valence-corrected chi connectivity index (χ1v) is 6.21. The minimum atomic E-state index is -0.0400. The highest BCUT2D eigenvalue weighted by molar-refractivity contribution is 5.92. The Morgan fingerprint density at radius 2 is 2.47 bits per heavy atom. The molecule has 0 radical (unpaired) electrons. The van der Waals surface area contributed by atoms with Crippen molar-refractivity contribution in [3.8, 4) is 0 Å². The lowest BCUT2D eigenvalue weighted by Crippen LogP contribution is -2.29. The molecule has 0 aromatic carbocycles. The van der Waals surface area contributed by atoms with Gasteiger partial charge in [-0.1, -0.05) is 13.8 Å². The predicted molar refractivity (Wildman–Crippen MR) is 64.7 cm³/mol. The van der Waals surface area contributed by atoms with E-state index in [0.717, 1.165) is 25.0 Å². The zero-order chi connectivity index (χ0) is 12.3. The van der Waals surface area contributed by atoms with Gasteiger partial charge in [0.25, 0.3) is 0 Å². The van der Waals surface area contributed by atoms with Gasteiger partial charge in [0, 0.05) is 18.4 Å². The Labute approximate surface area is 101 Å². The second-order valence-electron chi connectivity index (χ2n) is 4.33. The van der Waals surface area contributed by atoms with E-state index >= 15 is 0 Å². The Kier molecular flexibility index (Phi) is 3.78. The third kappa shape index (κ3) is 2.66. The largest absolute Gasteiger partial charge is 0.377 e. The summed E-state index contributed by atoms with van der Waals surface area (Å²) in [6, 6.07) is 1.87. The number of nitrogens with one attached hydrogen (secondary N) is 2. The van der Waals surface area contributed by atoms with E-state index in [2.05, 4.69) is 15.5 Å². The van der Waals surface area contributed by atoms with Crippen molar-refractivity contribution in [2.75, 3.05) is 11.9 Å². The van der Waals surface area contributed by atoms with Crippen molar-refractivity contribution in [3.05, 3.63) is 11.8 Å². The van der Waals surface area contributed by atoms with Gasteiger partial charge in [0.15, 0.2) is 5.82 Å². The van der Waals surface area contributed by atoms with E-state index in [0.29, 0.717) is 12.4 Å². The first-order chi connectivity index (χ1) is 8.24. The van der Waals surface area contributed by atoms with Gasteiger partial charge in [0.05, 0.1) is 12.0 Å². The van der Waals surface area contributed by atoms with E-state index in [1.807, 2.05) is 19.9 Å². The minimum absolute atomic E-state index is 0.0171. The Bertz CT molecular complexity index is 389. The molecule has 1 aliphatic heterocycles. The van der Waals surface area contributed by atoms with E-state index in [-0.39, 0.29) is 17.9 Å². The normalized spacial score (nSPS) is 23.9. The average molecular weight is 237 g/mol. The van der Waals surface area contributed by atoms with Crippen molar-refractivity contribution in [2.24, 2.45) is 5.92 Å². The second-order valence-corrected chi connectivity index (χ2v) is 4.33. The molecule has 0 saturated carbocycles. The van der Waals surface area contributed by atoms with Crippen LogP contribution in [0, 0.1) is 5.92 Å². The zero-order valence-electron chi connectivity index (χ0n) is 10.3. The summed E-state index contributed by atoms with van der Waals surface area (Å²) < 4.78 is 5.51. The van der Waals surface area contributed by atoms with Crippen LogP contribution in [0.15, 0.2) is 6.07 Å². The average Bonchev–Trinajstić information content (AvgIpc) is 2.96. The molecule has 1 amide bonds. The van der Waals surface area contributed by atoms with Crippen LogP contribution >= 0.6 is 0 Å². The lowest BCUT2D eigenvalue weighted by atomic mass is 9.99. The molecule has 17 heavy (non-hydrogen) atoms. The first kappa shape index (κ1) is 12.1. The fraction of sp³-hybridized carbons (Fsp3) is 0.667. The number of carbonyl (C=O) groups excluding carboxylic acids is 1. The summed E-state index contributed by atoms with van der Waals surface area (Å²) in [6.07, 6.45) is 2.61. The van der Waals surface area contributed by atoms with Crippen LogP contribution in [-0.4, -0.2) is 28.8 Å². The van der Waals surface area contributed by atoms with Crippen molar-refractivity contribution >= 4 is 11.7 Å². The van der Waals surface area contributed by atoms with Crippen LogP contribution in [0.4, 0.5) is 5.82 Å². The minimum Gasteiger partial charge on any atom is -0.377 e. The lowest BCUT2D eigenvalue weighted by Gasteiger charge is -2.15. The number of aromatic nitrogens is 2. The molecular weight excluding hydrogens is 218 g/mol. The molecule has 1 aromatic heterocycles. The topological polar surface area (TPSA) is 67.0 Å². The molecule has 0 spiro atoms. The van der Waals surface area contributed by atoms with Crippen LogP contribution in [0.3, 0.4) is 0 Å². The number of hydrogen-bond donors (Lipinski definition) is 2. The molecule has 1 aliphatic rings. The highest BCUT2D eigenvalue weighted by Crippen LogP contribution is 2.24. The van der Waals surface area contributed by atoms with Crippen molar-refractivity contribution in [2.45, 2.75) is 39.2 Å². The Morgan fingerprint density at radius 3 is 3.12 bits per heavy atom. The number of aryl methyl sites for hydroxylation is 1. The summed E-state index contributed by atoms with van der Waals surface area (Å²) in [5.74, 6) is 0.582. The van der Waals surface area contributed by atoms with Gasteiger partial charge in [-0.15, -0.1) is 0 Å². The van der Waals surface area contributed by atoms with Crippen LogP contribution in [0.5, 0.6) is 0 Å². The molecule has 1 saturated heterocycles. The third-order valence-corrected chi connectivity index (χ3v) is 3.21. The smallest absolute Gasteiger partial charge is 0.231 e. The van der Waals surface area contributed by atoms with Gasteiger partial charge in [-0.2, -0.15) is 5.10 Å². The summed E-state index contributed by atoms with van der Waals surface area (Å²) in [4.78, 5) is 12.0. The number of H-pyrrole nitrogens is 1. The van der Waals surface area contributed by atoms with Crippen molar-refractivity contribution in [1.29, 1.82) is 0 Å². The number of rotatable bonds is 4. The molecule has 1 fully saturated rings. The molecule has 0 bridgehead atoms. The van der Waals surface area contributed by atoms with Crippen LogP contribution in [0.1, 0.15) is 32.4 Å². The molecule has 1 aromatic rings. The van der Waals surface area contributed by atoms with Crippen molar-refractivity contribution in [1.82, 2.24) is 10.2 Å². The molecule has 2 unspecified atom stereocenters. The monoisotopic (exact) mass is 237 g/mol. The van der Waals surface area contributed by atoms with Gasteiger partial charge in [0.1, 0.15) is 0 Å². The number of hydrogen-bond acceptors (Lipinski definition) is 3. The van der Waals surface area contributed by atoms with Crippen LogP contribution < -0.4 is 5.32 Å². The highest BCUT2D eigenvalue weighted by atomic mass is 16.5. The molecule has 2 N–H and O–H groups in total. The standard InChI is InChI=1S/C12H19N3O2/c1-3-8-7-11(15-14-8)13-12(16)9-5-6-17-10(9)4-2/h7,9-10H,3-6H2,1-2H3,(H2,13,14,15,16). The second kappa shape index (κ2) is 5.31. The molecule has 5 heteroatoms. The maximum atomic E-state index is 12.0. The summed E-state index contributed by atoms with van der Waals surface area (Å²) in [5, 5.41) is 9.77. The number of nitrogens with zero attached hydrogens (tertiary/aromatic N) is 1. The van der Waals surface area contributed by atoms with Gasteiger partial charge < -0.3 is 10.1 Å². The van der Waals surface area contributed by atoms with Crippen LogP contribution in [0.2, 0.25) is 0 Å². The van der Waals surface area contributed by atoms with Crippen molar-refractivity contribution in [3.63, 3.8) is 0 Å². The lowest BCUT2D eigenvalue weighted by molar-refractivity contribution is -0.121. The van der Waals surface area contributed by atoms with Crippen LogP contribution in [0.25, 0.3) is 0 Å². The van der Waals surface area contributed by atoms with E-state index in [4.69, 9.17) is 4.74 Å². The number of anilines is 1. The quantitative estimate of drug-likeness (QED) is 0.838. The fourth-order valence-electron chi connectivity index (χ4n) is 2.18. The van der Waals surface area contributed by atoms with Gasteiger partial charge in [0.2, 0.25) is 5.91 Å². The molecular formula is C12H19N3O2. The van der Waals surface area contributed by atoms with Gasteiger partial charge in [-0.05, 0) is 19.3 Å². The maximum Gasteiger partial charge on any atom is 0.231 e. The molecule has 2 atom stereocenters. The molecule has 2 heterocycles. The third-order valence-electron chi connectivity index (χ3n) is 3.21. The Balaban J connectivity index is 1.96. The number of amides is 1. The zero-order valence-corrected chi connectivity index (χ0v) is 10.3. The summed E-state index contributed by atoms with van der Waals surface area (Å²) in [6.45, 7) is 4.76. The number of ether oxygens (including phenoxy) is 1. The SMILES string of the molecule is CCc1cc(NC(=O)C2CCOC2CC)n[nH]1. The van der Waals surface area contributed by atoms with Gasteiger partial charge >= 0.3 is 0 Å². The molecule has 2 rings (SSSR count). The van der Waals surface area contributed by atoms with E-state index in [1.54, 1.807) is 0 Å². The summed E-state index contributed by atoms with van der Waals surface area (Å²) in [5.41, 5.74) is 1.02. The highest BCUT2D eigenvalue weighted by Gasteiger charge is 2.32. The summed E-state index contributed by atoms with van der Waals surface area (Å²) in [7, 11) is 0. The van der Waals surface area contributed by atoms with E-state index in [1.165, 1.54) is 0 Å².